The number of sulfonamides is 2. The zero-order valence-electron chi connectivity index (χ0n) is 22.0. The highest BCUT2D eigenvalue weighted by atomic mass is 32.3. The third-order valence-electron chi connectivity index (χ3n) is 5.77. The Morgan fingerprint density at radius 3 is 1.08 bits per heavy atom. The molecule has 0 aromatic heterocycles. The molecule has 0 fully saturated rings. The van der Waals surface area contributed by atoms with Gasteiger partial charge in [0.1, 0.15) is 0 Å². The predicted octanol–water partition coefficient (Wildman–Crippen LogP) is 6.84. The number of unbranched alkanes of at least 4 members (excludes halogenated alkanes) is 8. The number of alkyl halides is 6. The second-order valence-corrected chi connectivity index (χ2v) is 12.7. The summed E-state index contributed by atoms with van der Waals surface area (Å²) in [5.41, 5.74) is -12.3. The Hall–Kier alpha value is -0.600. The van der Waals surface area contributed by atoms with Crippen molar-refractivity contribution in [3.05, 3.63) is 0 Å². The number of rotatable bonds is 18. The molecule has 0 radical (unpaired) electrons. The van der Waals surface area contributed by atoms with E-state index >= 15 is 0 Å². The molecule has 0 amide bonds. The van der Waals surface area contributed by atoms with Crippen molar-refractivity contribution in [3.8, 4) is 0 Å². The van der Waals surface area contributed by atoms with Gasteiger partial charge in [-0.15, -0.1) is 0 Å². The molecular weight excluding hydrogens is 534 g/mol. The van der Waals surface area contributed by atoms with Crippen LogP contribution in [0.25, 0.3) is 0 Å². The van der Waals surface area contributed by atoms with Gasteiger partial charge < -0.3 is 4.48 Å². The van der Waals surface area contributed by atoms with Crippen molar-refractivity contribution in [1.82, 2.24) is 4.13 Å². The molecule has 0 aromatic carbocycles. The fraction of sp³-hybridized carbons (Fsp3) is 1.00. The van der Waals surface area contributed by atoms with Crippen LogP contribution in [-0.2, 0) is 20.0 Å². The highest BCUT2D eigenvalue weighted by Gasteiger charge is 2.55. The monoisotopic (exact) mass is 579 g/mol. The highest BCUT2D eigenvalue weighted by molar-refractivity contribution is 8.05. The Kier molecular flexibility index (Phi) is 18.6. The van der Waals surface area contributed by atoms with E-state index in [-0.39, 0.29) is 0 Å². The molecule has 0 unspecified atom stereocenters. The first-order valence-corrected chi connectivity index (χ1v) is 15.7. The summed E-state index contributed by atoms with van der Waals surface area (Å²) in [4.78, 5) is 0. The molecule has 0 heterocycles. The van der Waals surface area contributed by atoms with E-state index in [1.165, 1.54) is 108 Å². The lowest BCUT2D eigenvalue weighted by atomic mass is 10.1. The van der Waals surface area contributed by atoms with Crippen molar-refractivity contribution in [3.63, 3.8) is 0 Å². The van der Waals surface area contributed by atoms with E-state index < -0.39 is 35.2 Å². The summed E-state index contributed by atoms with van der Waals surface area (Å²) in [5.74, 6) is 0. The molecule has 36 heavy (non-hydrogen) atoms. The quantitative estimate of drug-likeness (QED) is 0.110. The van der Waals surface area contributed by atoms with Gasteiger partial charge in [-0.25, -0.2) is 16.8 Å². The standard InChI is InChI=1S/C20H44N.C2HF6NO4S2/c1-5-9-13-14-15-16-20-21(17-10-6-2,18-11-7-3)19-12-8-4;3-1(4,5)14(10,11)9-15(12,13)2(6,7)8/h5-20H2,1-4H3;9H/q+1;. The molecule has 0 aliphatic carbocycles. The minimum Gasteiger partial charge on any atom is -0.324 e. The highest BCUT2D eigenvalue weighted by Crippen LogP contribution is 2.27. The average Bonchev–Trinajstić information content (AvgIpc) is 2.75. The van der Waals surface area contributed by atoms with Crippen LogP contribution >= 0.6 is 0 Å². The molecule has 0 saturated heterocycles. The van der Waals surface area contributed by atoms with Gasteiger partial charge >= 0.3 is 31.1 Å². The van der Waals surface area contributed by atoms with Crippen molar-refractivity contribution in [1.29, 1.82) is 0 Å². The minimum atomic E-state index is -6.60. The Labute approximate surface area is 213 Å². The number of hydrogen-bond donors (Lipinski definition) is 1. The second kappa shape index (κ2) is 17.8. The van der Waals surface area contributed by atoms with Crippen molar-refractivity contribution < 1.29 is 47.7 Å². The Morgan fingerprint density at radius 2 is 0.778 bits per heavy atom. The summed E-state index contributed by atoms with van der Waals surface area (Å²) in [7, 11) is -13.2. The molecular formula is C22H45F6N2O4S2+. The third kappa shape index (κ3) is 15.6. The fourth-order valence-corrected chi connectivity index (χ4v) is 5.53. The van der Waals surface area contributed by atoms with Gasteiger partial charge in [-0.2, -0.15) is 26.3 Å². The summed E-state index contributed by atoms with van der Waals surface area (Å²) >= 11 is 0. The topological polar surface area (TPSA) is 80.3 Å². The van der Waals surface area contributed by atoms with Crippen LogP contribution in [0.5, 0.6) is 0 Å². The van der Waals surface area contributed by atoms with E-state index in [9.17, 15) is 43.2 Å². The van der Waals surface area contributed by atoms with Crippen LogP contribution in [-0.4, -0.2) is 58.5 Å². The lowest BCUT2D eigenvalue weighted by Gasteiger charge is -2.39. The molecule has 14 heteroatoms. The molecule has 6 nitrogen and oxygen atoms in total. The first-order valence-electron chi connectivity index (χ1n) is 12.7. The Bertz CT molecular complexity index is 707. The summed E-state index contributed by atoms with van der Waals surface area (Å²) in [6, 6.07) is 0. The normalized spacial score (nSPS) is 13.4. The molecule has 0 aromatic rings. The van der Waals surface area contributed by atoms with Crippen molar-refractivity contribution >= 4 is 20.0 Å². The van der Waals surface area contributed by atoms with Gasteiger partial charge in [0.2, 0.25) is 0 Å². The molecule has 0 atom stereocenters. The van der Waals surface area contributed by atoms with Crippen LogP contribution in [0.15, 0.2) is 0 Å². The molecule has 0 spiro atoms. The second-order valence-electron chi connectivity index (χ2n) is 9.05. The zero-order chi connectivity index (χ0) is 28.5. The molecule has 0 saturated carbocycles. The zero-order valence-corrected chi connectivity index (χ0v) is 23.6. The van der Waals surface area contributed by atoms with Crippen LogP contribution in [0.4, 0.5) is 26.3 Å². The Morgan fingerprint density at radius 1 is 0.500 bits per heavy atom. The molecule has 220 valence electrons. The van der Waals surface area contributed by atoms with Crippen LogP contribution < -0.4 is 4.13 Å². The van der Waals surface area contributed by atoms with E-state index in [1.54, 1.807) is 0 Å². The number of quaternary nitrogens is 1. The maximum atomic E-state index is 11.5. The maximum Gasteiger partial charge on any atom is 0.512 e. The molecule has 0 aliphatic rings. The van der Waals surface area contributed by atoms with Crippen molar-refractivity contribution in [2.75, 3.05) is 26.2 Å². The van der Waals surface area contributed by atoms with Crippen molar-refractivity contribution in [2.24, 2.45) is 0 Å². The number of halogens is 6. The third-order valence-corrected chi connectivity index (χ3v) is 8.75. The molecule has 1 N–H and O–H groups in total. The summed E-state index contributed by atoms with van der Waals surface area (Å²) in [5, 5.41) is 0. The molecule has 0 bridgehead atoms. The Balaban J connectivity index is 0. The van der Waals surface area contributed by atoms with Gasteiger partial charge in [0, 0.05) is 0 Å². The average molecular weight is 580 g/mol. The van der Waals surface area contributed by atoms with E-state index in [0.717, 1.165) is 0 Å². The first-order chi connectivity index (χ1) is 16.4. The van der Waals surface area contributed by atoms with Gasteiger partial charge in [0.25, 0.3) is 0 Å². The van der Waals surface area contributed by atoms with E-state index in [0.29, 0.717) is 0 Å². The van der Waals surface area contributed by atoms with Gasteiger partial charge in [-0.3, -0.25) is 0 Å². The number of nitrogens with zero attached hydrogens (tertiary/aromatic N) is 1. The first kappa shape index (κ1) is 37.6. The predicted molar refractivity (Wildman–Crippen MR) is 131 cm³/mol. The van der Waals surface area contributed by atoms with E-state index in [2.05, 4.69) is 27.7 Å². The van der Waals surface area contributed by atoms with Crippen LogP contribution in [0, 0.1) is 0 Å². The summed E-state index contributed by atoms with van der Waals surface area (Å²) < 4.78 is 110. The van der Waals surface area contributed by atoms with Crippen LogP contribution in [0.1, 0.15) is 105 Å². The van der Waals surface area contributed by atoms with E-state index in [1.807, 2.05) is 0 Å². The lowest BCUT2D eigenvalue weighted by molar-refractivity contribution is -0.929. The van der Waals surface area contributed by atoms with Gasteiger partial charge in [0.15, 0.2) is 0 Å². The SMILES string of the molecule is CCCCCCCC[N+](CCCC)(CCCC)CCCC.O=S(=O)(NS(=O)(=O)C(F)(F)F)C(F)(F)F. The number of hydrogen-bond acceptors (Lipinski definition) is 4. The molecule has 0 rings (SSSR count). The van der Waals surface area contributed by atoms with Crippen LogP contribution in [0.3, 0.4) is 0 Å². The smallest absolute Gasteiger partial charge is 0.324 e. The van der Waals surface area contributed by atoms with Gasteiger partial charge in [0.05, 0.1) is 26.2 Å². The van der Waals surface area contributed by atoms with E-state index in [4.69, 9.17) is 0 Å². The maximum absolute atomic E-state index is 11.5. The van der Waals surface area contributed by atoms with Crippen LogP contribution in [0.2, 0.25) is 0 Å². The number of nitrogens with one attached hydrogen (secondary N) is 1. The lowest BCUT2D eigenvalue weighted by Crippen LogP contribution is -2.50. The fourth-order valence-electron chi connectivity index (χ4n) is 3.62. The van der Waals surface area contributed by atoms with Crippen molar-refractivity contribution in [2.45, 2.75) is 116 Å². The van der Waals surface area contributed by atoms with Gasteiger partial charge in [-0.1, -0.05) is 76.8 Å². The minimum absolute atomic E-state index is 0.493. The molecule has 0 aliphatic heterocycles. The largest absolute Gasteiger partial charge is 0.512 e. The summed E-state index contributed by atoms with van der Waals surface area (Å²) in [6.07, 6.45) is 17.0. The summed E-state index contributed by atoms with van der Waals surface area (Å²) in [6.45, 7) is 15.1. The van der Waals surface area contributed by atoms with Gasteiger partial charge in [-0.05, 0) is 32.1 Å².